The first-order valence-corrected chi connectivity index (χ1v) is 6.43. The molecule has 0 aliphatic rings. The lowest BCUT2D eigenvalue weighted by molar-refractivity contribution is -0.122. The number of rotatable bonds is 7. The van der Waals surface area contributed by atoms with Crippen LogP contribution in [-0.4, -0.2) is 12.9 Å². The molecule has 0 N–H and O–H groups in total. The van der Waals surface area contributed by atoms with Crippen molar-refractivity contribution in [2.24, 2.45) is 5.92 Å². The Balaban J connectivity index is 2.94. The molecule has 0 amide bonds. The van der Waals surface area contributed by atoms with Gasteiger partial charge in [-0.1, -0.05) is 32.1 Å². The highest BCUT2D eigenvalue weighted by Gasteiger charge is 2.22. The third kappa shape index (κ3) is 3.46. The van der Waals surface area contributed by atoms with Crippen molar-refractivity contribution in [1.82, 2.24) is 0 Å². The molecule has 0 aromatic heterocycles. The Labute approximate surface area is 110 Å². The van der Waals surface area contributed by atoms with Gasteiger partial charge in [-0.2, -0.15) is 0 Å². The number of hydrogen-bond acceptors (Lipinski definition) is 2. The zero-order valence-corrected chi connectivity index (χ0v) is 11.5. The summed E-state index contributed by atoms with van der Waals surface area (Å²) in [5.41, 5.74) is 1.08. The molecule has 0 aliphatic carbocycles. The van der Waals surface area contributed by atoms with E-state index in [2.05, 4.69) is 6.58 Å². The van der Waals surface area contributed by atoms with Gasteiger partial charge in [-0.3, -0.25) is 4.79 Å². The maximum atomic E-state index is 12.0. The molecule has 0 fully saturated rings. The number of ether oxygens (including phenoxy) is 1. The smallest absolute Gasteiger partial charge is 0.136 e. The second kappa shape index (κ2) is 7.00. The van der Waals surface area contributed by atoms with Crippen molar-refractivity contribution in [3.63, 3.8) is 0 Å². The van der Waals surface area contributed by atoms with E-state index in [1.54, 1.807) is 7.11 Å². The number of methoxy groups -OCH3 is 1. The molecule has 0 saturated heterocycles. The molecule has 0 bridgehead atoms. The van der Waals surface area contributed by atoms with Crippen molar-refractivity contribution in [3.8, 4) is 5.75 Å². The van der Waals surface area contributed by atoms with E-state index in [9.17, 15) is 4.79 Å². The van der Waals surface area contributed by atoms with Crippen molar-refractivity contribution >= 4 is 5.78 Å². The van der Waals surface area contributed by atoms with Crippen molar-refractivity contribution in [2.45, 2.75) is 32.6 Å². The molecule has 0 heterocycles. The normalized spacial score (nSPS) is 13.7. The Bertz CT molecular complexity index is 409. The van der Waals surface area contributed by atoms with Crippen LogP contribution in [0.25, 0.3) is 0 Å². The van der Waals surface area contributed by atoms with Gasteiger partial charge in [0.05, 0.1) is 7.11 Å². The van der Waals surface area contributed by atoms with Crippen LogP contribution in [0.4, 0.5) is 0 Å². The maximum absolute atomic E-state index is 12.0. The fraction of sp³-hybridized carbons (Fsp3) is 0.438. The monoisotopic (exact) mass is 246 g/mol. The van der Waals surface area contributed by atoms with Crippen LogP contribution in [0.2, 0.25) is 0 Å². The highest BCUT2D eigenvalue weighted by Crippen LogP contribution is 2.29. The number of ketones is 1. The summed E-state index contributed by atoms with van der Waals surface area (Å²) < 4.78 is 5.22. The van der Waals surface area contributed by atoms with Crippen LogP contribution in [0.3, 0.4) is 0 Å². The van der Waals surface area contributed by atoms with E-state index >= 15 is 0 Å². The molecule has 2 unspecified atom stereocenters. The molecule has 2 nitrogen and oxygen atoms in total. The number of carbonyl (C=O) groups excluding carboxylic acids is 1. The standard InChI is InChI=1S/C16H22O2/c1-5-8-16(17)12(3)15(6-2)13-9-7-10-14(11-13)18-4/h6-7,9-12,15H,2,5,8H2,1,3-4H3. The fourth-order valence-corrected chi connectivity index (χ4v) is 2.15. The summed E-state index contributed by atoms with van der Waals surface area (Å²) in [6, 6.07) is 7.84. The molecule has 1 rings (SSSR count). The summed E-state index contributed by atoms with van der Waals surface area (Å²) in [4.78, 5) is 12.0. The lowest BCUT2D eigenvalue weighted by atomic mass is 9.83. The summed E-state index contributed by atoms with van der Waals surface area (Å²) in [5.74, 6) is 1.13. The van der Waals surface area contributed by atoms with E-state index in [-0.39, 0.29) is 11.8 Å². The summed E-state index contributed by atoms with van der Waals surface area (Å²) in [6.45, 7) is 7.87. The Morgan fingerprint density at radius 2 is 2.22 bits per heavy atom. The Hall–Kier alpha value is -1.57. The SMILES string of the molecule is C=CC(c1cccc(OC)c1)C(C)C(=O)CCC. The van der Waals surface area contributed by atoms with Crippen molar-refractivity contribution in [1.29, 1.82) is 0 Å². The van der Waals surface area contributed by atoms with E-state index in [0.717, 1.165) is 17.7 Å². The Morgan fingerprint density at radius 1 is 1.50 bits per heavy atom. The van der Waals surface area contributed by atoms with Gasteiger partial charge in [0.15, 0.2) is 0 Å². The summed E-state index contributed by atoms with van der Waals surface area (Å²) >= 11 is 0. The van der Waals surface area contributed by atoms with Crippen LogP contribution >= 0.6 is 0 Å². The minimum Gasteiger partial charge on any atom is -0.497 e. The number of allylic oxidation sites excluding steroid dienone is 1. The highest BCUT2D eigenvalue weighted by molar-refractivity contribution is 5.81. The first kappa shape index (κ1) is 14.5. The molecule has 0 aliphatic heterocycles. The van der Waals surface area contributed by atoms with Crippen molar-refractivity contribution in [2.75, 3.05) is 7.11 Å². The predicted molar refractivity (Wildman–Crippen MR) is 75.0 cm³/mol. The van der Waals surface area contributed by atoms with Crippen LogP contribution in [0, 0.1) is 5.92 Å². The molecular weight excluding hydrogens is 224 g/mol. The van der Waals surface area contributed by atoms with Crippen LogP contribution in [-0.2, 0) is 4.79 Å². The summed E-state index contributed by atoms with van der Waals surface area (Å²) in [6.07, 6.45) is 3.38. The van der Waals surface area contributed by atoms with Crippen molar-refractivity contribution in [3.05, 3.63) is 42.5 Å². The highest BCUT2D eigenvalue weighted by atomic mass is 16.5. The Kier molecular flexibility index (Phi) is 5.63. The third-order valence-electron chi connectivity index (χ3n) is 3.28. The summed E-state index contributed by atoms with van der Waals surface area (Å²) in [7, 11) is 1.65. The molecule has 2 heteroatoms. The zero-order valence-electron chi connectivity index (χ0n) is 11.5. The summed E-state index contributed by atoms with van der Waals surface area (Å²) in [5, 5.41) is 0. The first-order chi connectivity index (χ1) is 8.63. The minimum absolute atomic E-state index is 0.0328. The maximum Gasteiger partial charge on any atom is 0.136 e. The van der Waals surface area contributed by atoms with Gasteiger partial charge in [0.25, 0.3) is 0 Å². The van der Waals surface area contributed by atoms with Crippen LogP contribution in [0.5, 0.6) is 5.75 Å². The molecule has 98 valence electrons. The van der Waals surface area contributed by atoms with Gasteiger partial charge < -0.3 is 4.74 Å². The van der Waals surface area contributed by atoms with E-state index in [4.69, 9.17) is 4.74 Å². The van der Waals surface area contributed by atoms with Gasteiger partial charge in [0.1, 0.15) is 11.5 Å². The second-order valence-electron chi connectivity index (χ2n) is 4.54. The Morgan fingerprint density at radius 3 is 2.78 bits per heavy atom. The second-order valence-corrected chi connectivity index (χ2v) is 4.54. The number of hydrogen-bond donors (Lipinski definition) is 0. The van der Waals surface area contributed by atoms with Gasteiger partial charge in [0.2, 0.25) is 0 Å². The van der Waals surface area contributed by atoms with Gasteiger partial charge in [-0.15, -0.1) is 6.58 Å². The van der Waals surface area contributed by atoms with E-state index in [0.29, 0.717) is 12.2 Å². The van der Waals surface area contributed by atoms with Gasteiger partial charge in [0, 0.05) is 18.3 Å². The van der Waals surface area contributed by atoms with Crippen LogP contribution < -0.4 is 4.74 Å². The zero-order chi connectivity index (χ0) is 13.5. The van der Waals surface area contributed by atoms with Crippen LogP contribution in [0.1, 0.15) is 38.2 Å². The van der Waals surface area contributed by atoms with Gasteiger partial charge in [-0.25, -0.2) is 0 Å². The quantitative estimate of drug-likeness (QED) is 0.680. The molecule has 0 saturated carbocycles. The first-order valence-electron chi connectivity index (χ1n) is 6.43. The molecular formula is C16H22O2. The lowest BCUT2D eigenvalue weighted by Gasteiger charge is -2.20. The topological polar surface area (TPSA) is 26.3 Å². The van der Waals surface area contributed by atoms with Gasteiger partial charge >= 0.3 is 0 Å². The molecule has 1 aromatic rings. The minimum atomic E-state index is -0.0328. The largest absolute Gasteiger partial charge is 0.497 e. The van der Waals surface area contributed by atoms with E-state index in [1.807, 2.05) is 44.2 Å². The number of carbonyl (C=O) groups is 1. The van der Waals surface area contributed by atoms with Crippen molar-refractivity contribution < 1.29 is 9.53 Å². The molecule has 0 radical (unpaired) electrons. The van der Waals surface area contributed by atoms with E-state index in [1.165, 1.54) is 0 Å². The number of benzene rings is 1. The van der Waals surface area contributed by atoms with Gasteiger partial charge in [-0.05, 0) is 24.1 Å². The number of Topliss-reactive ketones (excluding diaryl/α,β-unsaturated/α-hetero) is 1. The molecule has 0 spiro atoms. The fourth-order valence-electron chi connectivity index (χ4n) is 2.15. The predicted octanol–water partition coefficient (Wildman–Crippen LogP) is 3.97. The average molecular weight is 246 g/mol. The average Bonchev–Trinajstić information content (AvgIpc) is 2.40. The third-order valence-corrected chi connectivity index (χ3v) is 3.28. The lowest BCUT2D eigenvalue weighted by Crippen LogP contribution is -2.18. The molecule has 1 aromatic carbocycles. The molecule has 2 atom stereocenters. The van der Waals surface area contributed by atoms with E-state index < -0.39 is 0 Å². The van der Waals surface area contributed by atoms with Crippen LogP contribution in [0.15, 0.2) is 36.9 Å². The molecule has 18 heavy (non-hydrogen) atoms.